The third-order valence-corrected chi connectivity index (χ3v) is 4.26. The molecule has 2 rings (SSSR count). The lowest BCUT2D eigenvalue weighted by Crippen LogP contribution is -2.38. The van der Waals surface area contributed by atoms with E-state index in [1.165, 1.54) is 5.56 Å². The fraction of sp³-hybridized carbons (Fsp3) is 0.615. The summed E-state index contributed by atoms with van der Waals surface area (Å²) in [6.45, 7) is 5.34. The summed E-state index contributed by atoms with van der Waals surface area (Å²) in [6, 6.07) is 2.02. The summed E-state index contributed by atoms with van der Waals surface area (Å²) in [6.07, 6.45) is 4.31. The molecule has 0 atom stereocenters. The molecule has 1 aromatic heterocycles. The Morgan fingerprint density at radius 1 is 1.50 bits per heavy atom. The molecule has 0 radical (unpaired) electrons. The van der Waals surface area contributed by atoms with Crippen LogP contribution in [0.4, 0.5) is 5.82 Å². The molecule has 0 saturated carbocycles. The van der Waals surface area contributed by atoms with Crippen LogP contribution < -0.4 is 10.6 Å². The van der Waals surface area contributed by atoms with Crippen LogP contribution in [0.15, 0.2) is 16.7 Å². The molecule has 0 unspecified atom stereocenters. The summed E-state index contributed by atoms with van der Waals surface area (Å²) in [5.74, 6) is 1.05. The van der Waals surface area contributed by atoms with E-state index in [9.17, 15) is 0 Å². The number of rotatable bonds is 4. The quantitative estimate of drug-likeness (QED) is 0.925. The molecule has 1 fully saturated rings. The minimum absolute atomic E-state index is 0.355. The van der Waals surface area contributed by atoms with Gasteiger partial charge >= 0.3 is 0 Å². The van der Waals surface area contributed by atoms with Crippen molar-refractivity contribution in [1.82, 2.24) is 4.98 Å². The molecular formula is C13H20BrN3O. The monoisotopic (exact) mass is 313 g/mol. The number of nitrogens with two attached hydrogens (primary N) is 1. The van der Waals surface area contributed by atoms with Crippen LogP contribution in [0.25, 0.3) is 0 Å². The van der Waals surface area contributed by atoms with Gasteiger partial charge in [-0.05, 0) is 47.3 Å². The van der Waals surface area contributed by atoms with Crippen molar-refractivity contribution in [3.8, 4) is 0 Å². The maximum atomic E-state index is 5.69. The van der Waals surface area contributed by atoms with Crippen LogP contribution in [-0.2, 0) is 4.74 Å². The first kappa shape index (κ1) is 13.8. The Labute approximate surface area is 117 Å². The summed E-state index contributed by atoms with van der Waals surface area (Å²) in [7, 11) is 0. The molecule has 100 valence electrons. The second-order valence-corrected chi connectivity index (χ2v) is 5.40. The van der Waals surface area contributed by atoms with Crippen LogP contribution in [0.2, 0.25) is 0 Å². The second-order valence-electron chi connectivity index (χ2n) is 4.61. The van der Waals surface area contributed by atoms with Crippen molar-refractivity contribution in [2.45, 2.75) is 25.9 Å². The van der Waals surface area contributed by atoms with E-state index in [4.69, 9.17) is 10.5 Å². The van der Waals surface area contributed by atoms with Crippen molar-refractivity contribution in [3.63, 3.8) is 0 Å². The van der Waals surface area contributed by atoms with Crippen molar-refractivity contribution >= 4 is 21.7 Å². The normalized spacial score (nSPS) is 17.2. The number of aromatic nitrogens is 1. The summed E-state index contributed by atoms with van der Waals surface area (Å²) in [4.78, 5) is 6.79. The highest BCUT2D eigenvalue weighted by molar-refractivity contribution is 9.10. The lowest BCUT2D eigenvalue weighted by Gasteiger charge is -2.33. The average molecular weight is 314 g/mol. The molecule has 0 aromatic carbocycles. The van der Waals surface area contributed by atoms with E-state index in [0.29, 0.717) is 19.3 Å². The van der Waals surface area contributed by atoms with E-state index in [2.05, 4.69) is 32.7 Å². The van der Waals surface area contributed by atoms with Crippen LogP contribution >= 0.6 is 15.9 Å². The summed E-state index contributed by atoms with van der Waals surface area (Å²) < 4.78 is 6.79. The SMILES string of the molecule is Cc1ccnc(N2CCC(OCCN)CC2)c1Br. The Kier molecular flexibility index (Phi) is 4.97. The minimum atomic E-state index is 0.355. The molecule has 2 heterocycles. The molecule has 1 aliphatic heterocycles. The number of nitrogens with zero attached hydrogens (tertiary/aromatic N) is 2. The summed E-state index contributed by atoms with van der Waals surface area (Å²) in [5.41, 5.74) is 6.67. The number of hydrogen-bond acceptors (Lipinski definition) is 4. The Hall–Kier alpha value is -0.650. The Morgan fingerprint density at radius 2 is 2.22 bits per heavy atom. The van der Waals surface area contributed by atoms with Gasteiger partial charge in [0, 0.05) is 25.8 Å². The fourth-order valence-corrected chi connectivity index (χ4v) is 2.70. The van der Waals surface area contributed by atoms with Crippen LogP contribution in [-0.4, -0.2) is 37.3 Å². The van der Waals surface area contributed by atoms with Crippen molar-refractivity contribution in [2.75, 3.05) is 31.1 Å². The first-order chi connectivity index (χ1) is 8.72. The number of aryl methyl sites for hydroxylation is 1. The number of pyridine rings is 1. The maximum Gasteiger partial charge on any atom is 0.143 e. The molecule has 2 N–H and O–H groups in total. The van der Waals surface area contributed by atoms with Gasteiger partial charge in [0.1, 0.15) is 5.82 Å². The third-order valence-electron chi connectivity index (χ3n) is 3.28. The first-order valence-electron chi connectivity index (χ1n) is 6.40. The zero-order valence-electron chi connectivity index (χ0n) is 10.7. The van der Waals surface area contributed by atoms with Crippen LogP contribution in [0.5, 0.6) is 0 Å². The van der Waals surface area contributed by atoms with Gasteiger partial charge < -0.3 is 15.4 Å². The molecule has 4 nitrogen and oxygen atoms in total. The number of anilines is 1. The van der Waals surface area contributed by atoms with Crippen molar-refractivity contribution in [3.05, 3.63) is 22.3 Å². The zero-order chi connectivity index (χ0) is 13.0. The summed E-state index contributed by atoms with van der Waals surface area (Å²) >= 11 is 3.62. The van der Waals surface area contributed by atoms with Crippen LogP contribution in [0, 0.1) is 6.92 Å². The summed E-state index contributed by atoms with van der Waals surface area (Å²) in [5, 5.41) is 0. The molecule has 1 aromatic rings. The lowest BCUT2D eigenvalue weighted by atomic mass is 10.1. The average Bonchev–Trinajstić information content (AvgIpc) is 2.40. The molecule has 18 heavy (non-hydrogen) atoms. The first-order valence-corrected chi connectivity index (χ1v) is 7.19. The second kappa shape index (κ2) is 6.50. The van der Waals surface area contributed by atoms with E-state index in [1.807, 2.05) is 12.3 Å². The van der Waals surface area contributed by atoms with E-state index in [1.54, 1.807) is 0 Å². The smallest absolute Gasteiger partial charge is 0.143 e. The molecule has 0 amide bonds. The number of hydrogen-bond donors (Lipinski definition) is 1. The highest BCUT2D eigenvalue weighted by Gasteiger charge is 2.22. The molecule has 0 spiro atoms. The van der Waals surface area contributed by atoms with E-state index in [0.717, 1.165) is 36.2 Å². The minimum Gasteiger partial charge on any atom is -0.377 e. The predicted molar refractivity (Wildman–Crippen MR) is 76.9 cm³/mol. The van der Waals surface area contributed by atoms with Gasteiger partial charge in [-0.25, -0.2) is 4.98 Å². The highest BCUT2D eigenvalue weighted by Crippen LogP contribution is 2.29. The van der Waals surface area contributed by atoms with E-state index in [-0.39, 0.29) is 0 Å². The molecule has 5 heteroatoms. The number of halogens is 1. The Bertz CT molecular complexity index is 392. The van der Waals surface area contributed by atoms with Gasteiger partial charge in [-0.3, -0.25) is 0 Å². The van der Waals surface area contributed by atoms with Gasteiger partial charge in [0.2, 0.25) is 0 Å². The van der Waals surface area contributed by atoms with E-state index >= 15 is 0 Å². The third kappa shape index (κ3) is 3.22. The topological polar surface area (TPSA) is 51.4 Å². The number of ether oxygens (including phenoxy) is 1. The van der Waals surface area contributed by atoms with Gasteiger partial charge in [0.15, 0.2) is 0 Å². The largest absolute Gasteiger partial charge is 0.377 e. The molecule has 1 saturated heterocycles. The predicted octanol–water partition coefficient (Wildman–Crippen LogP) is 2.10. The Balaban J connectivity index is 1.95. The van der Waals surface area contributed by atoms with Gasteiger partial charge in [0.25, 0.3) is 0 Å². The van der Waals surface area contributed by atoms with Crippen LogP contribution in [0.3, 0.4) is 0 Å². The molecule has 0 aliphatic carbocycles. The van der Waals surface area contributed by atoms with Gasteiger partial charge in [0.05, 0.1) is 17.2 Å². The lowest BCUT2D eigenvalue weighted by molar-refractivity contribution is 0.0421. The van der Waals surface area contributed by atoms with Crippen LogP contribution in [0.1, 0.15) is 18.4 Å². The van der Waals surface area contributed by atoms with E-state index < -0.39 is 0 Å². The highest BCUT2D eigenvalue weighted by atomic mass is 79.9. The zero-order valence-corrected chi connectivity index (χ0v) is 12.3. The molecule has 1 aliphatic rings. The van der Waals surface area contributed by atoms with Gasteiger partial charge in [-0.2, -0.15) is 0 Å². The number of piperidine rings is 1. The molecule has 0 bridgehead atoms. The molecular weight excluding hydrogens is 294 g/mol. The van der Waals surface area contributed by atoms with Crippen molar-refractivity contribution in [2.24, 2.45) is 5.73 Å². The van der Waals surface area contributed by atoms with Gasteiger partial charge in [-0.1, -0.05) is 0 Å². The standard InChI is InChI=1S/C13H20BrN3O/c1-10-2-6-16-13(12(10)14)17-7-3-11(4-8-17)18-9-5-15/h2,6,11H,3-5,7-9,15H2,1H3. The van der Waals surface area contributed by atoms with Crippen molar-refractivity contribution < 1.29 is 4.74 Å². The van der Waals surface area contributed by atoms with Crippen molar-refractivity contribution in [1.29, 1.82) is 0 Å². The maximum absolute atomic E-state index is 5.69. The fourth-order valence-electron chi connectivity index (χ4n) is 2.22. The Morgan fingerprint density at radius 3 is 2.89 bits per heavy atom. The van der Waals surface area contributed by atoms with Gasteiger partial charge in [-0.15, -0.1) is 0 Å².